The molecular formula is C38H50N2O7S. The topological polar surface area (TPSA) is 103 Å². The maximum absolute atomic E-state index is 14.5. The van der Waals surface area contributed by atoms with Gasteiger partial charge in [0.1, 0.15) is 23.0 Å². The molecule has 0 radical (unpaired) electrons. The van der Waals surface area contributed by atoms with Crippen molar-refractivity contribution in [3.63, 3.8) is 0 Å². The normalized spacial score (nSPS) is 18.9. The Kier molecular flexibility index (Phi) is 12.3. The van der Waals surface area contributed by atoms with E-state index in [1.165, 1.54) is 49.3 Å². The molecule has 2 saturated carbocycles. The molecule has 2 aliphatic rings. The molecule has 260 valence electrons. The number of hydrogen-bond donors (Lipinski definition) is 1. The molecule has 3 aromatic rings. The summed E-state index contributed by atoms with van der Waals surface area (Å²) < 4.78 is 52.4. The first-order chi connectivity index (χ1) is 23.3. The lowest BCUT2D eigenvalue weighted by Gasteiger charge is -2.36. The molecule has 0 heterocycles. The van der Waals surface area contributed by atoms with Crippen LogP contribution in [0.3, 0.4) is 0 Å². The van der Waals surface area contributed by atoms with E-state index in [4.69, 9.17) is 18.9 Å². The average Bonchev–Trinajstić information content (AvgIpc) is 3.41. The Morgan fingerprint density at radius 1 is 0.708 bits per heavy atom. The average molecular weight is 679 g/mol. The van der Waals surface area contributed by atoms with Gasteiger partial charge in [0.2, 0.25) is 15.9 Å². The summed E-state index contributed by atoms with van der Waals surface area (Å²) in [5.41, 5.74) is 1.82. The molecule has 0 aliphatic heterocycles. The molecule has 0 bridgehead atoms. The third kappa shape index (κ3) is 8.44. The van der Waals surface area contributed by atoms with Crippen LogP contribution in [0.15, 0.2) is 65.6 Å². The predicted molar refractivity (Wildman–Crippen MR) is 187 cm³/mol. The molecule has 5 rings (SSSR count). The van der Waals surface area contributed by atoms with Gasteiger partial charge in [0.05, 0.1) is 33.3 Å². The number of carbonyl (C=O) groups excluding carboxylic acids is 1. The van der Waals surface area contributed by atoms with Crippen LogP contribution in [0.2, 0.25) is 0 Å². The zero-order valence-electron chi connectivity index (χ0n) is 28.7. The highest BCUT2D eigenvalue weighted by atomic mass is 32.2. The summed E-state index contributed by atoms with van der Waals surface area (Å²) in [4.78, 5) is 13.9. The number of methoxy groups -OCH3 is 4. The van der Waals surface area contributed by atoms with Crippen molar-refractivity contribution < 1.29 is 32.2 Å². The Bertz CT molecular complexity index is 1580. The number of anilines is 1. The fourth-order valence-electron chi connectivity index (χ4n) is 7.48. The van der Waals surface area contributed by atoms with Gasteiger partial charge >= 0.3 is 0 Å². The number of carbonyl (C=O) groups is 1. The smallest absolute Gasteiger partial charge is 0.243 e. The second-order valence-electron chi connectivity index (χ2n) is 13.0. The summed E-state index contributed by atoms with van der Waals surface area (Å²) in [5, 5.41) is 3.12. The first kappa shape index (κ1) is 35.5. The van der Waals surface area contributed by atoms with E-state index < -0.39 is 10.0 Å². The van der Waals surface area contributed by atoms with Crippen molar-refractivity contribution in [2.24, 2.45) is 17.8 Å². The number of nitrogens with zero attached hydrogens (tertiary/aromatic N) is 1. The van der Waals surface area contributed by atoms with Crippen LogP contribution >= 0.6 is 0 Å². The molecule has 2 fully saturated rings. The van der Waals surface area contributed by atoms with Gasteiger partial charge in [-0.1, -0.05) is 69.6 Å². The Morgan fingerprint density at radius 2 is 1.27 bits per heavy atom. The van der Waals surface area contributed by atoms with E-state index in [2.05, 4.69) is 5.32 Å². The molecule has 1 amide bonds. The maximum atomic E-state index is 14.5. The summed E-state index contributed by atoms with van der Waals surface area (Å²) >= 11 is 0. The van der Waals surface area contributed by atoms with E-state index in [0.717, 1.165) is 19.3 Å². The van der Waals surface area contributed by atoms with Gasteiger partial charge < -0.3 is 24.3 Å². The minimum absolute atomic E-state index is 0.00119. The number of rotatable bonds is 13. The SMILES string of the molecule is COc1ccc(CN(Cc2ccc(OC)cc2OC)S(=O)(=O)c2cccc(NC(=O)C3CCCCC3C3CCCCCC3)c2)c(OC)c1. The fraction of sp³-hybridized carbons (Fsp3) is 0.500. The van der Waals surface area contributed by atoms with Crippen molar-refractivity contribution in [3.05, 3.63) is 71.8 Å². The number of nitrogens with one attached hydrogen (secondary N) is 1. The van der Waals surface area contributed by atoms with E-state index in [-0.39, 0.29) is 29.8 Å². The number of ether oxygens (including phenoxy) is 4. The summed E-state index contributed by atoms with van der Waals surface area (Å²) in [6.45, 7) is 0.0405. The Balaban J connectivity index is 1.43. The Hall–Kier alpha value is -3.76. The molecule has 3 aromatic carbocycles. The van der Waals surface area contributed by atoms with Crippen molar-refractivity contribution in [2.45, 2.75) is 82.2 Å². The van der Waals surface area contributed by atoms with Gasteiger partial charge in [0.25, 0.3) is 0 Å². The van der Waals surface area contributed by atoms with Crippen molar-refractivity contribution in [2.75, 3.05) is 33.8 Å². The zero-order valence-corrected chi connectivity index (χ0v) is 29.5. The lowest BCUT2D eigenvalue weighted by molar-refractivity contribution is -0.123. The first-order valence-electron chi connectivity index (χ1n) is 17.1. The summed E-state index contributed by atoms with van der Waals surface area (Å²) in [5.74, 6) is 3.15. The second-order valence-corrected chi connectivity index (χ2v) is 14.9. The van der Waals surface area contributed by atoms with E-state index in [1.54, 1.807) is 89.1 Å². The Morgan fingerprint density at radius 3 is 1.83 bits per heavy atom. The molecule has 0 aromatic heterocycles. The van der Waals surface area contributed by atoms with Crippen LogP contribution in [-0.2, 0) is 27.9 Å². The van der Waals surface area contributed by atoms with Crippen LogP contribution in [-0.4, -0.2) is 47.1 Å². The van der Waals surface area contributed by atoms with Crippen LogP contribution in [0.4, 0.5) is 5.69 Å². The first-order valence-corrected chi connectivity index (χ1v) is 18.5. The summed E-state index contributed by atoms with van der Waals surface area (Å²) in [7, 11) is 2.14. The molecule has 48 heavy (non-hydrogen) atoms. The number of amides is 1. The molecule has 1 N–H and O–H groups in total. The van der Waals surface area contributed by atoms with Gasteiger partial charge in [0, 0.05) is 48.0 Å². The largest absolute Gasteiger partial charge is 0.497 e. The van der Waals surface area contributed by atoms with E-state index in [1.807, 2.05) is 0 Å². The van der Waals surface area contributed by atoms with Crippen LogP contribution in [0, 0.1) is 17.8 Å². The van der Waals surface area contributed by atoms with Crippen LogP contribution in [0.1, 0.15) is 75.3 Å². The van der Waals surface area contributed by atoms with Crippen molar-refractivity contribution >= 4 is 21.6 Å². The zero-order chi connectivity index (χ0) is 34.1. The predicted octanol–water partition coefficient (Wildman–Crippen LogP) is 7.83. The number of hydrogen-bond acceptors (Lipinski definition) is 7. The quantitative estimate of drug-likeness (QED) is 0.184. The molecular weight excluding hydrogens is 628 g/mol. The van der Waals surface area contributed by atoms with Gasteiger partial charge in [-0.15, -0.1) is 0 Å². The molecule has 2 unspecified atom stereocenters. The minimum atomic E-state index is -4.09. The highest BCUT2D eigenvalue weighted by Gasteiger charge is 2.36. The number of sulfonamides is 1. The molecule has 0 saturated heterocycles. The molecule has 2 atom stereocenters. The molecule has 2 aliphatic carbocycles. The number of benzene rings is 3. The fourth-order valence-corrected chi connectivity index (χ4v) is 8.92. The third-order valence-electron chi connectivity index (χ3n) is 10.1. The van der Waals surface area contributed by atoms with Crippen molar-refractivity contribution in [1.82, 2.24) is 4.31 Å². The third-order valence-corrected chi connectivity index (χ3v) is 11.9. The summed E-state index contributed by atoms with van der Waals surface area (Å²) in [6.07, 6.45) is 11.7. The van der Waals surface area contributed by atoms with Crippen molar-refractivity contribution in [3.8, 4) is 23.0 Å². The lowest BCUT2D eigenvalue weighted by Crippen LogP contribution is -2.36. The van der Waals surface area contributed by atoms with Crippen LogP contribution < -0.4 is 24.3 Å². The Labute approximate surface area is 286 Å². The highest BCUT2D eigenvalue weighted by molar-refractivity contribution is 7.89. The second kappa shape index (κ2) is 16.6. The highest BCUT2D eigenvalue weighted by Crippen LogP contribution is 2.42. The summed E-state index contributed by atoms with van der Waals surface area (Å²) in [6, 6.07) is 17.2. The van der Waals surface area contributed by atoms with Gasteiger partial charge in [-0.2, -0.15) is 4.31 Å². The van der Waals surface area contributed by atoms with Gasteiger partial charge in [-0.3, -0.25) is 4.79 Å². The van der Waals surface area contributed by atoms with E-state index in [0.29, 0.717) is 51.6 Å². The van der Waals surface area contributed by atoms with Gasteiger partial charge in [0.15, 0.2) is 0 Å². The van der Waals surface area contributed by atoms with E-state index >= 15 is 0 Å². The van der Waals surface area contributed by atoms with Gasteiger partial charge in [-0.25, -0.2) is 8.42 Å². The standard InChI is InChI=1S/C38H50N2O7S/c1-44-31-20-18-28(36(23-31)46-3)25-40(26-29-19-21-32(45-2)24-37(29)47-4)48(42,43)33-15-11-14-30(22-33)39-38(41)35-17-10-9-16-34(35)27-12-7-5-6-8-13-27/h11,14-15,18-24,27,34-35H,5-10,12-13,16-17,25-26H2,1-4H3,(H,39,41). The molecule has 0 spiro atoms. The monoisotopic (exact) mass is 678 g/mol. The van der Waals surface area contributed by atoms with Crippen molar-refractivity contribution in [1.29, 1.82) is 0 Å². The molecule has 10 heteroatoms. The van der Waals surface area contributed by atoms with E-state index in [9.17, 15) is 13.2 Å². The van der Waals surface area contributed by atoms with Crippen LogP contribution in [0.5, 0.6) is 23.0 Å². The lowest BCUT2D eigenvalue weighted by atomic mass is 9.70. The van der Waals surface area contributed by atoms with Crippen LogP contribution in [0.25, 0.3) is 0 Å². The van der Waals surface area contributed by atoms with Gasteiger partial charge in [-0.05, 0) is 55.0 Å². The minimum Gasteiger partial charge on any atom is -0.497 e. The maximum Gasteiger partial charge on any atom is 0.243 e. The molecule has 9 nitrogen and oxygen atoms in total.